The van der Waals surface area contributed by atoms with Gasteiger partial charge in [0.1, 0.15) is 0 Å². The van der Waals surface area contributed by atoms with Crippen molar-refractivity contribution in [2.24, 2.45) is 0 Å². The molecule has 3 heterocycles. The molecule has 0 saturated carbocycles. The summed E-state index contributed by atoms with van der Waals surface area (Å²) in [5, 5.41) is 2.77. The maximum absolute atomic E-state index is 13.5. The average molecular weight is 436 g/mol. The lowest BCUT2D eigenvalue weighted by Crippen LogP contribution is -2.25. The summed E-state index contributed by atoms with van der Waals surface area (Å²) in [7, 11) is 0. The molecule has 6 nitrogen and oxygen atoms in total. The summed E-state index contributed by atoms with van der Waals surface area (Å²) >= 11 is 0. The Labute approximate surface area is 182 Å². The van der Waals surface area contributed by atoms with E-state index in [1.54, 1.807) is 12.3 Å². The Balaban J connectivity index is 1.77. The molecule has 32 heavy (non-hydrogen) atoms. The van der Waals surface area contributed by atoms with Crippen LogP contribution in [0.3, 0.4) is 0 Å². The zero-order chi connectivity index (χ0) is 22.8. The van der Waals surface area contributed by atoms with Crippen LogP contribution in [0.25, 0.3) is 11.0 Å². The third-order valence-corrected chi connectivity index (χ3v) is 5.24. The number of halogens is 2. The Morgan fingerprint density at radius 2 is 1.94 bits per heavy atom. The molecule has 0 radical (unpaired) electrons. The lowest BCUT2D eigenvalue weighted by molar-refractivity contribution is 0.0950. The number of hydrogen-bond donors (Lipinski definition) is 2. The van der Waals surface area contributed by atoms with Gasteiger partial charge in [0.05, 0.1) is 28.8 Å². The van der Waals surface area contributed by atoms with Crippen LogP contribution in [-0.2, 0) is 13.1 Å². The van der Waals surface area contributed by atoms with Gasteiger partial charge in [0.25, 0.3) is 5.91 Å². The van der Waals surface area contributed by atoms with Crippen LogP contribution in [0.15, 0.2) is 59.5 Å². The third kappa shape index (κ3) is 4.16. The van der Waals surface area contributed by atoms with Gasteiger partial charge in [-0.3, -0.25) is 14.6 Å². The van der Waals surface area contributed by atoms with Crippen molar-refractivity contribution < 1.29 is 13.6 Å². The molecule has 1 amide bonds. The second-order valence-corrected chi connectivity index (χ2v) is 7.84. The van der Waals surface area contributed by atoms with Crippen LogP contribution in [0.1, 0.15) is 47.1 Å². The monoisotopic (exact) mass is 436 g/mol. The molecule has 0 saturated heterocycles. The van der Waals surface area contributed by atoms with Crippen LogP contribution in [0.4, 0.5) is 8.78 Å². The van der Waals surface area contributed by atoms with E-state index in [0.717, 1.165) is 23.5 Å². The number of rotatable bonds is 6. The molecule has 0 bridgehead atoms. The summed E-state index contributed by atoms with van der Waals surface area (Å²) in [6, 6.07) is 12.2. The van der Waals surface area contributed by atoms with E-state index in [2.05, 4.69) is 15.3 Å². The standard InChI is InChI=1S/C24H22F2N4O2/c1-14(2)23-21(24(32)28-12-15-6-7-17(25)18(26)11-15)22-19(8-9-20(31)29-22)30(23)13-16-5-3-4-10-27-16/h3-11,14H,12-13H2,1-2H3,(H,28,32)(H,29,31). The molecular formula is C24H22F2N4O2. The summed E-state index contributed by atoms with van der Waals surface area (Å²) in [5.41, 5.74) is 3.15. The number of H-pyrrole nitrogens is 1. The maximum atomic E-state index is 13.5. The van der Waals surface area contributed by atoms with Crippen LogP contribution < -0.4 is 10.9 Å². The molecule has 3 aromatic heterocycles. The van der Waals surface area contributed by atoms with E-state index in [4.69, 9.17) is 0 Å². The van der Waals surface area contributed by atoms with Crippen molar-refractivity contribution in [3.05, 3.63) is 99.2 Å². The molecule has 164 valence electrons. The van der Waals surface area contributed by atoms with Gasteiger partial charge in [-0.05, 0) is 41.8 Å². The van der Waals surface area contributed by atoms with Crippen molar-refractivity contribution in [2.45, 2.75) is 32.9 Å². The molecule has 0 aliphatic rings. The van der Waals surface area contributed by atoms with Gasteiger partial charge >= 0.3 is 0 Å². The van der Waals surface area contributed by atoms with Crippen molar-refractivity contribution in [3.8, 4) is 0 Å². The van der Waals surface area contributed by atoms with Crippen LogP contribution in [0.5, 0.6) is 0 Å². The van der Waals surface area contributed by atoms with E-state index >= 15 is 0 Å². The van der Waals surface area contributed by atoms with E-state index in [9.17, 15) is 18.4 Å². The number of fused-ring (bicyclic) bond motifs is 1. The summed E-state index contributed by atoms with van der Waals surface area (Å²) < 4.78 is 28.7. The highest BCUT2D eigenvalue weighted by Gasteiger charge is 2.25. The molecular weight excluding hydrogens is 414 g/mol. The molecule has 4 aromatic rings. The number of carbonyl (C=O) groups is 1. The van der Waals surface area contributed by atoms with Crippen molar-refractivity contribution in [2.75, 3.05) is 0 Å². The van der Waals surface area contributed by atoms with Gasteiger partial charge in [0.15, 0.2) is 11.6 Å². The third-order valence-electron chi connectivity index (χ3n) is 5.24. The number of nitrogens with zero attached hydrogens (tertiary/aromatic N) is 2. The summed E-state index contributed by atoms with van der Waals surface area (Å²) in [4.78, 5) is 32.5. The lowest BCUT2D eigenvalue weighted by atomic mass is 10.0. The highest BCUT2D eigenvalue weighted by atomic mass is 19.2. The number of aromatic amines is 1. The fraction of sp³-hybridized carbons (Fsp3) is 0.208. The Morgan fingerprint density at radius 1 is 1.12 bits per heavy atom. The molecule has 4 rings (SSSR count). The van der Waals surface area contributed by atoms with Crippen molar-refractivity contribution in [1.82, 2.24) is 19.9 Å². The minimum Gasteiger partial charge on any atom is -0.348 e. The minimum atomic E-state index is -0.976. The number of hydrogen-bond acceptors (Lipinski definition) is 3. The lowest BCUT2D eigenvalue weighted by Gasteiger charge is -2.15. The topological polar surface area (TPSA) is 79.8 Å². The quantitative estimate of drug-likeness (QED) is 0.478. The molecule has 0 aliphatic heterocycles. The van der Waals surface area contributed by atoms with Gasteiger partial charge in [-0.15, -0.1) is 0 Å². The fourth-order valence-electron chi connectivity index (χ4n) is 3.85. The predicted molar refractivity (Wildman–Crippen MR) is 118 cm³/mol. The van der Waals surface area contributed by atoms with E-state index in [1.807, 2.05) is 36.6 Å². The Hall–Kier alpha value is -3.81. The number of nitrogens with one attached hydrogen (secondary N) is 2. The van der Waals surface area contributed by atoms with E-state index < -0.39 is 17.5 Å². The van der Waals surface area contributed by atoms with Gasteiger partial charge in [-0.25, -0.2) is 8.78 Å². The zero-order valence-electron chi connectivity index (χ0n) is 17.7. The second kappa shape index (κ2) is 8.74. The number of pyridine rings is 2. The molecule has 0 unspecified atom stereocenters. The first-order valence-corrected chi connectivity index (χ1v) is 10.2. The van der Waals surface area contributed by atoms with Gasteiger partial charge in [0.2, 0.25) is 5.56 Å². The SMILES string of the molecule is CC(C)c1c(C(=O)NCc2ccc(F)c(F)c2)c2[nH]c(=O)ccc2n1Cc1ccccn1. The van der Waals surface area contributed by atoms with Gasteiger partial charge < -0.3 is 14.9 Å². The molecule has 0 aliphatic carbocycles. The highest BCUT2D eigenvalue weighted by molar-refractivity contribution is 6.07. The van der Waals surface area contributed by atoms with Crippen LogP contribution >= 0.6 is 0 Å². The van der Waals surface area contributed by atoms with Gasteiger partial charge in [-0.2, -0.15) is 0 Å². The van der Waals surface area contributed by atoms with Crippen LogP contribution in [-0.4, -0.2) is 20.4 Å². The maximum Gasteiger partial charge on any atom is 0.255 e. The van der Waals surface area contributed by atoms with E-state index in [-0.39, 0.29) is 18.0 Å². The summed E-state index contributed by atoms with van der Waals surface area (Å²) in [5.74, 6) is -2.38. The van der Waals surface area contributed by atoms with Gasteiger partial charge in [0, 0.05) is 24.5 Å². The molecule has 0 atom stereocenters. The molecule has 1 aromatic carbocycles. The predicted octanol–water partition coefficient (Wildman–Crippen LogP) is 4.10. The molecule has 0 fully saturated rings. The van der Waals surface area contributed by atoms with Crippen LogP contribution in [0.2, 0.25) is 0 Å². The Kier molecular flexibility index (Phi) is 5.85. The zero-order valence-corrected chi connectivity index (χ0v) is 17.7. The smallest absolute Gasteiger partial charge is 0.255 e. The molecule has 2 N–H and O–H groups in total. The van der Waals surface area contributed by atoms with E-state index in [1.165, 1.54) is 12.1 Å². The second-order valence-electron chi connectivity index (χ2n) is 7.84. The Morgan fingerprint density at radius 3 is 2.62 bits per heavy atom. The summed E-state index contributed by atoms with van der Waals surface area (Å²) in [6.07, 6.45) is 1.70. The number of aromatic nitrogens is 3. The Bertz CT molecular complexity index is 1340. The normalized spacial score (nSPS) is 11.3. The highest BCUT2D eigenvalue weighted by Crippen LogP contribution is 2.30. The first kappa shape index (κ1) is 21.4. The number of benzene rings is 1. The van der Waals surface area contributed by atoms with Gasteiger partial charge in [-0.1, -0.05) is 26.0 Å². The summed E-state index contributed by atoms with van der Waals surface area (Å²) in [6.45, 7) is 4.37. The van der Waals surface area contributed by atoms with Crippen molar-refractivity contribution >= 4 is 16.9 Å². The average Bonchev–Trinajstić information content (AvgIpc) is 3.08. The van der Waals surface area contributed by atoms with Crippen LogP contribution in [0, 0.1) is 11.6 Å². The fourth-order valence-corrected chi connectivity index (χ4v) is 3.85. The number of amides is 1. The van der Waals surface area contributed by atoms with E-state index in [0.29, 0.717) is 28.7 Å². The minimum absolute atomic E-state index is 0.0115. The molecule has 8 heteroatoms. The van der Waals surface area contributed by atoms with Crippen molar-refractivity contribution in [3.63, 3.8) is 0 Å². The number of carbonyl (C=O) groups excluding carboxylic acids is 1. The van der Waals surface area contributed by atoms with Crippen molar-refractivity contribution in [1.29, 1.82) is 0 Å². The molecule has 0 spiro atoms. The largest absolute Gasteiger partial charge is 0.348 e. The first-order valence-electron chi connectivity index (χ1n) is 10.2. The first-order chi connectivity index (χ1) is 15.3.